The fourth-order valence-corrected chi connectivity index (χ4v) is 2.47. The van der Waals surface area contributed by atoms with Crippen molar-refractivity contribution < 1.29 is 14.8 Å². The predicted octanol–water partition coefficient (Wildman–Crippen LogP) is -0.719. The minimum atomic E-state index is -1.60. The molecule has 0 bridgehead atoms. The van der Waals surface area contributed by atoms with Crippen LogP contribution in [0.5, 0.6) is 0 Å². The molecule has 1 aliphatic rings. The average Bonchev–Trinajstić information content (AvgIpc) is 1.85. The van der Waals surface area contributed by atoms with Crippen molar-refractivity contribution in [2.45, 2.75) is 12.2 Å². The molecule has 1 rings (SSSR count). The molecule has 0 aromatic heterocycles. The van der Waals surface area contributed by atoms with Crippen LogP contribution in [0.15, 0.2) is 0 Å². The zero-order valence-electron chi connectivity index (χ0n) is 4.37. The maximum atomic E-state index is 10.5. The molecule has 1 heterocycles. The molecule has 0 aromatic carbocycles. The minimum absolute atomic E-state index is 0.311. The molecule has 2 atom stereocenters. The molecule has 2 N–H and O–H groups in total. The van der Waals surface area contributed by atoms with E-state index in [1.807, 2.05) is 0 Å². The van der Waals surface area contributed by atoms with Gasteiger partial charge in [-0.25, -0.2) is 0 Å². The number of rotatable bonds is 0. The normalized spacial score (nSPS) is 47.5. The van der Waals surface area contributed by atoms with E-state index in [2.05, 4.69) is 0 Å². The first kappa shape index (κ1) is 6.27. The van der Waals surface area contributed by atoms with Crippen molar-refractivity contribution in [3.63, 3.8) is 0 Å². The fraction of sp³-hybridized carbons (Fsp3) is 1.00. The van der Waals surface area contributed by atoms with Crippen LogP contribution in [0.4, 0.5) is 0 Å². The van der Waals surface area contributed by atoms with E-state index in [1.165, 1.54) is 0 Å². The molecule has 4 heteroatoms. The van der Waals surface area contributed by atoms with Crippen LogP contribution >= 0.6 is 7.80 Å². The van der Waals surface area contributed by atoms with Crippen molar-refractivity contribution in [1.82, 2.24) is 0 Å². The first-order valence-corrected chi connectivity index (χ1v) is 4.40. The smallest absolute Gasteiger partial charge is 0.0869 e. The van der Waals surface area contributed by atoms with E-state index < -0.39 is 20.0 Å². The highest BCUT2D eigenvalue weighted by Crippen LogP contribution is 2.31. The topological polar surface area (TPSA) is 57.5 Å². The highest BCUT2D eigenvalue weighted by molar-refractivity contribution is 7.45. The lowest BCUT2D eigenvalue weighted by atomic mass is 10.3. The van der Waals surface area contributed by atoms with Gasteiger partial charge in [-0.1, -0.05) is 0 Å². The van der Waals surface area contributed by atoms with E-state index in [0.29, 0.717) is 12.3 Å². The molecule has 0 aromatic rings. The summed E-state index contributed by atoms with van der Waals surface area (Å²) in [7, 11) is -1.60. The predicted molar refractivity (Wildman–Crippen MR) is 30.7 cm³/mol. The summed E-state index contributed by atoms with van der Waals surface area (Å²) >= 11 is 0. The van der Waals surface area contributed by atoms with Crippen LogP contribution in [0.1, 0.15) is 0 Å². The third-order valence-electron chi connectivity index (χ3n) is 1.32. The molecule has 0 saturated carbocycles. The summed E-state index contributed by atoms with van der Waals surface area (Å²) < 4.78 is 10.5. The highest BCUT2D eigenvalue weighted by Gasteiger charge is 2.27. The summed E-state index contributed by atoms with van der Waals surface area (Å²) in [5.41, 5.74) is 0. The Bertz CT molecular complexity index is 102. The van der Waals surface area contributed by atoms with Gasteiger partial charge in [-0.3, -0.25) is 0 Å². The van der Waals surface area contributed by atoms with E-state index in [0.717, 1.165) is 0 Å². The maximum Gasteiger partial charge on any atom is 0.0869 e. The van der Waals surface area contributed by atoms with Crippen LogP contribution in [0.2, 0.25) is 0 Å². The van der Waals surface area contributed by atoms with E-state index in [4.69, 9.17) is 10.2 Å². The Morgan fingerprint density at radius 3 is 1.75 bits per heavy atom. The van der Waals surface area contributed by atoms with Crippen LogP contribution in [0.25, 0.3) is 0 Å². The lowest BCUT2D eigenvalue weighted by molar-refractivity contribution is 0.0572. The van der Waals surface area contributed by atoms with E-state index in [9.17, 15) is 4.57 Å². The van der Waals surface area contributed by atoms with Crippen molar-refractivity contribution in [2.75, 3.05) is 12.3 Å². The largest absolute Gasteiger partial charge is 0.390 e. The summed E-state index contributed by atoms with van der Waals surface area (Å²) in [6.07, 6.45) is -0.819. The molecular formula is C4H9O3P. The standard InChI is InChI=1S/C4H9O3P/c5-3-1-8(7)2-4(3)6/h3-6,8H,1-2H2. The van der Waals surface area contributed by atoms with Crippen molar-refractivity contribution in [3.05, 3.63) is 0 Å². The van der Waals surface area contributed by atoms with Gasteiger partial charge in [0.05, 0.1) is 20.0 Å². The van der Waals surface area contributed by atoms with Crippen LogP contribution in [-0.4, -0.2) is 34.7 Å². The molecule has 1 aliphatic heterocycles. The average molecular weight is 136 g/mol. The van der Waals surface area contributed by atoms with Gasteiger partial charge in [0.2, 0.25) is 0 Å². The summed E-state index contributed by atoms with van der Waals surface area (Å²) in [6.45, 7) is 0. The third kappa shape index (κ3) is 1.10. The Labute approximate surface area is 48.1 Å². The molecule has 0 spiro atoms. The summed E-state index contributed by atoms with van der Waals surface area (Å²) in [6, 6.07) is 0. The van der Waals surface area contributed by atoms with Crippen LogP contribution in [-0.2, 0) is 4.57 Å². The molecule has 8 heavy (non-hydrogen) atoms. The second kappa shape index (κ2) is 2.18. The Balaban J connectivity index is 2.51. The molecule has 48 valence electrons. The highest BCUT2D eigenvalue weighted by atomic mass is 31.1. The lowest BCUT2D eigenvalue weighted by Gasteiger charge is -2.02. The van der Waals surface area contributed by atoms with Crippen molar-refractivity contribution >= 4 is 7.80 Å². The first-order chi connectivity index (χ1) is 3.70. The van der Waals surface area contributed by atoms with Gasteiger partial charge >= 0.3 is 0 Å². The molecule has 1 saturated heterocycles. The quantitative estimate of drug-likeness (QED) is 0.432. The lowest BCUT2D eigenvalue weighted by Crippen LogP contribution is -2.22. The molecule has 0 radical (unpaired) electrons. The van der Waals surface area contributed by atoms with Crippen molar-refractivity contribution in [2.24, 2.45) is 0 Å². The monoisotopic (exact) mass is 136 g/mol. The minimum Gasteiger partial charge on any atom is -0.390 e. The zero-order valence-corrected chi connectivity index (χ0v) is 5.37. The number of hydrogen-bond donors (Lipinski definition) is 2. The SMILES string of the molecule is O=[PH]1CC(O)C(O)C1. The molecule has 1 fully saturated rings. The van der Waals surface area contributed by atoms with Gasteiger partial charge < -0.3 is 14.8 Å². The second-order valence-electron chi connectivity index (χ2n) is 2.08. The van der Waals surface area contributed by atoms with Crippen LogP contribution in [0, 0.1) is 0 Å². The van der Waals surface area contributed by atoms with Crippen molar-refractivity contribution in [1.29, 1.82) is 0 Å². The Hall–Kier alpha value is 0.150. The Kier molecular flexibility index (Phi) is 1.71. The zero-order chi connectivity index (χ0) is 6.15. The first-order valence-electron chi connectivity index (χ1n) is 2.58. The maximum absolute atomic E-state index is 10.5. The number of aliphatic hydroxyl groups excluding tert-OH is 2. The van der Waals surface area contributed by atoms with E-state index in [-0.39, 0.29) is 0 Å². The van der Waals surface area contributed by atoms with Gasteiger partial charge in [0.15, 0.2) is 0 Å². The van der Waals surface area contributed by atoms with Gasteiger partial charge in [-0.15, -0.1) is 0 Å². The Morgan fingerprint density at radius 2 is 1.62 bits per heavy atom. The van der Waals surface area contributed by atoms with Gasteiger partial charge in [0.1, 0.15) is 0 Å². The molecular weight excluding hydrogens is 127 g/mol. The van der Waals surface area contributed by atoms with Crippen LogP contribution < -0.4 is 0 Å². The van der Waals surface area contributed by atoms with Crippen molar-refractivity contribution in [3.8, 4) is 0 Å². The van der Waals surface area contributed by atoms with Gasteiger partial charge in [0, 0.05) is 12.3 Å². The summed E-state index contributed by atoms with van der Waals surface area (Å²) in [5, 5.41) is 17.5. The van der Waals surface area contributed by atoms with E-state index in [1.54, 1.807) is 0 Å². The number of hydrogen-bond acceptors (Lipinski definition) is 3. The molecule has 2 unspecified atom stereocenters. The van der Waals surface area contributed by atoms with Gasteiger partial charge in [0.25, 0.3) is 0 Å². The van der Waals surface area contributed by atoms with Gasteiger partial charge in [-0.2, -0.15) is 0 Å². The second-order valence-corrected chi connectivity index (χ2v) is 3.98. The van der Waals surface area contributed by atoms with E-state index >= 15 is 0 Å². The number of aliphatic hydroxyl groups is 2. The summed E-state index contributed by atoms with van der Waals surface area (Å²) in [4.78, 5) is 0. The fourth-order valence-electron chi connectivity index (χ4n) is 0.822. The molecule has 0 aliphatic carbocycles. The molecule has 3 nitrogen and oxygen atoms in total. The third-order valence-corrected chi connectivity index (χ3v) is 3.07. The van der Waals surface area contributed by atoms with Gasteiger partial charge in [-0.05, 0) is 0 Å². The molecule has 0 amide bonds. The van der Waals surface area contributed by atoms with Crippen LogP contribution in [0.3, 0.4) is 0 Å². The Morgan fingerprint density at radius 1 is 1.25 bits per heavy atom. The summed E-state index contributed by atoms with van der Waals surface area (Å²) in [5.74, 6) is 0.